The van der Waals surface area contributed by atoms with Crippen LogP contribution >= 0.6 is 0 Å². The molecule has 0 spiro atoms. The summed E-state index contributed by atoms with van der Waals surface area (Å²) in [5.74, 6) is -0.161. The van der Waals surface area contributed by atoms with Gasteiger partial charge < -0.3 is 15.4 Å². The number of rotatable bonds is 4. The first-order valence-corrected chi connectivity index (χ1v) is 7.86. The Balaban J connectivity index is 2.08. The van der Waals surface area contributed by atoms with Crippen molar-refractivity contribution in [2.45, 2.75) is 4.90 Å². The maximum Gasteiger partial charge on any atom is 0.248 e. The van der Waals surface area contributed by atoms with Gasteiger partial charge in [0.05, 0.1) is 0 Å². The highest BCUT2D eigenvalue weighted by Gasteiger charge is 2.32. The molecule has 1 aliphatic heterocycles. The van der Waals surface area contributed by atoms with E-state index in [4.69, 9.17) is 10.5 Å². The average molecular weight is 317 g/mol. The van der Waals surface area contributed by atoms with E-state index >= 15 is 0 Å². The third-order valence-electron chi connectivity index (χ3n) is 3.30. The lowest BCUT2D eigenvalue weighted by Gasteiger charge is -2.33. The number of anilines is 1. The van der Waals surface area contributed by atoms with Gasteiger partial charge in [-0.1, -0.05) is 0 Å². The standard InChI is InChI=1S/C11H19N5O4S/c1-14-7-9(11(12)13-14)21(18,19)16-5-3-15(4-6-16)10(17)8-20-2/h7H,3-6,8H2,1-2H3,(H2,12,13). The zero-order chi connectivity index (χ0) is 15.6. The van der Waals surface area contributed by atoms with Gasteiger partial charge in [0.25, 0.3) is 0 Å². The maximum absolute atomic E-state index is 12.5. The van der Waals surface area contributed by atoms with Gasteiger partial charge in [0.15, 0.2) is 5.82 Å². The molecule has 2 heterocycles. The van der Waals surface area contributed by atoms with Gasteiger partial charge in [-0.3, -0.25) is 9.48 Å². The average Bonchev–Trinajstić information content (AvgIpc) is 2.79. The number of hydrogen-bond donors (Lipinski definition) is 1. The van der Waals surface area contributed by atoms with E-state index in [1.807, 2.05) is 0 Å². The molecule has 0 atom stereocenters. The fourth-order valence-corrected chi connectivity index (χ4v) is 3.73. The molecule has 1 aromatic heterocycles. The van der Waals surface area contributed by atoms with Gasteiger partial charge in [-0.2, -0.15) is 9.40 Å². The Hall–Kier alpha value is -1.65. The predicted octanol–water partition coefficient (Wildman–Crippen LogP) is -1.52. The number of carbonyl (C=O) groups excluding carboxylic acids is 1. The van der Waals surface area contributed by atoms with Crippen molar-refractivity contribution in [3.05, 3.63) is 6.20 Å². The Labute approximate surface area is 123 Å². The van der Waals surface area contributed by atoms with Crippen LogP contribution in [-0.2, 0) is 26.6 Å². The van der Waals surface area contributed by atoms with E-state index in [2.05, 4.69) is 5.10 Å². The molecule has 9 nitrogen and oxygen atoms in total. The van der Waals surface area contributed by atoms with Crippen LogP contribution < -0.4 is 5.73 Å². The summed E-state index contributed by atoms with van der Waals surface area (Å²) in [4.78, 5) is 13.3. The number of amides is 1. The molecule has 0 radical (unpaired) electrons. The minimum atomic E-state index is -3.68. The molecule has 10 heteroatoms. The minimum absolute atomic E-state index is 0.00154. The molecule has 0 saturated carbocycles. The van der Waals surface area contributed by atoms with Gasteiger partial charge in [0.2, 0.25) is 15.9 Å². The van der Waals surface area contributed by atoms with Crippen molar-refractivity contribution in [2.24, 2.45) is 7.05 Å². The summed E-state index contributed by atoms with van der Waals surface area (Å²) < 4.78 is 32.4. The number of nitrogens with two attached hydrogens (primary N) is 1. The number of hydrogen-bond acceptors (Lipinski definition) is 6. The summed E-state index contributed by atoms with van der Waals surface area (Å²) in [6, 6.07) is 0. The molecule has 0 aliphatic carbocycles. The number of aryl methyl sites for hydroxylation is 1. The molecular weight excluding hydrogens is 298 g/mol. The van der Waals surface area contributed by atoms with Crippen LogP contribution in [0.4, 0.5) is 5.82 Å². The van der Waals surface area contributed by atoms with Gasteiger partial charge in [0.1, 0.15) is 11.5 Å². The molecule has 2 rings (SSSR count). The van der Waals surface area contributed by atoms with Crippen molar-refractivity contribution in [3.8, 4) is 0 Å². The molecule has 0 bridgehead atoms. The van der Waals surface area contributed by atoms with E-state index in [0.717, 1.165) is 0 Å². The number of ether oxygens (including phenoxy) is 1. The number of carbonyl (C=O) groups is 1. The molecule has 1 amide bonds. The highest BCUT2D eigenvalue weighted by atomic mass is 32.2. The van der Waals surface area contributed by atoms with Crippen LogP contribution in [0, 0.1) is 0 Å². The molecule has 1 aromatic rings. The summed E-state index contributed by atoms with van der Waals surface area (Å²) in [6.45, 7) is 1.13. The van der Waals surface area contributed by atoms with Crippen LogP contribution in [0.1, 0.15) is 0 Å². The lowest BCUT2D eigenvalue weighted by Crippen LogP contribution is -2.51. The first kappa shape index (κ1) is 15.7. The van der Waals surface area contributed by atoms with Gasteiger partial charge >= 0.3 is 0 Å². The highest BCUT2D eigenvalue weighted by Crippen LogP contribution is 2.21. The largest absolute Gasteiger partial charge is 0.381 e. The maximum atomic E-state index is 12.5. The van der Waals surface area contributed by atoms with Gasteiger partial charge in [0, 0.05) is 46.5 Å². The SMILES string of the molecule is COCC(=O)N1CCN(S(=O)(=O)c2cn(C)nc2N)CC1. The summed E-state index contributed by atoms with van der Waals surface area (Å²) in [6.07, 6.45) is 1.38. The highest BCUT2D eigenvalue weighted by molar-refractivity contribution is 7.89. The van der Waals surface area contributed by atoms with E-state index in [1.165, 1.54) is 22.3 Å². The van der Waals surface area contributed by atoms with Crippen molar-refractivity contribution in [3.63, 3.8) is 0 Å². The van der Waals surface area contributed by atoms with E-state index < -0.39 is 10.0 Å². The summed E-state index contributed by atoms with van der Waals surface area (Å²) >= 11 is 0. The van der Waals surface area contributed by atoms with Crippen LogP contribution in [0.2, 0.25) is 0 Å². The summed E-state index contributed by atoms with van der Waals surface area (Å²) in [5, 5.41) is 3.85. The zero-order valence-corrected chi connectivity index (χ0v) is 12.8. The monoisotopic (exact) mass is 317 g/mol. The fraction of sp³-hybridized carbons (Fsp3) is 0.636. The second-order valence-electron chi connectivity index (χ2n) is 4.77. The van der Waals surface area contributed by atoms with Crippen molar-refractivity contribution >= 4 is 21.7 Å². The smallest absolute Gasteiger partial charge is 0.248 e. The van der Waals surface area contributed by atoms with Crippen molar-refractivity contribution in [1.82, 2.24) is 19.0 Å². The number of piperazine rings is 1. The number of sulfonamides is 1. The van der Waals surface area contributed by atoms with Gasteiger partial charge in [-0.25, -0.2) is 8.42 Å². The Bertz CT molecular complexity index is 619. The van der Waals surface area contributed by atoms with Crippen LogP contribution in [0.15, 0.2) is 11.1 Å². The van der Waals surface area contributed by atoms with E-state index in [9.17, 15) is 13.2 Å². The second-order valence-corrected chi connectivity index (χ2v) is 6.68. The topological polar surface area (TPSA) is 111 Å². The molecule has 118 valence electrons. The van der Waals surface area contributed by atoms with Gasteiger partial charge in [-0.15, -0.1) is 0 Å². The molecule has 21 heavy (non-hydrogen) atoms. The molecule has 2 N–H and O–H groups in total. The van der Waals surface area contributed by atoms with Crippen LogP contribution in [0.5, 0.6) is 0 Å². The van der Waals surface area contributed by atoms with Crippen LogP contribution in [-0.4, -0.2) is 73.2 Å². The Morgan fingerprint density at radius 3 is 2.48 bits per heavy atom. The van der Waals surface area contributed by atoms with E-state index in [1.54, 1.807) is 11.9 Å². The quantitative estimate of drug-likeness (QED) is 0.722. The normalized spacial score (nSPS) is 17.1. The molecule has 1 fully saturated rings. The number of methoxy groups -OCH3 is 1. The predicted molar refractivity (Wildman–Crippen MR) is 74.8 cm³/mol. The Morgan fingerprint density at radius 1 is 1.38 bits per heavy atom. The van der Waals surface area contributed by atoms with Crippen molar-refractivity contribution in [1.29, 1.82) is 0 Å². The van der Waals surface area contributed by atoms with Crippen LogP contribution in [0.25, 0.3) is 0 Å². The Kier molecular flexibility index (Phi) is 4.49. The minimum Gasteiger partial charge on any atom is -0.381 e. The van der Waals surface area contributed by atoms with E-state index in [0.29, 0.717) is 13.1 Å². The summed E-state index contributed by atoms with van der Waals surface area (Å²) in [7, 11) is -0.621. The van der Waals surface area contributed by atoms with Crippen molar-refractivity contribution < 1.29 is 17.9 Å². The molecule has 1 saturated heterocycles. The molecule has 0 aromatic carbocycles. The third kappa shape index (κ3) is 3.17. The van der Waals surface area contributed by atoms with E-state index in [-0.39, 0.29) is 36.3 Å². The summed E-state index contributed by atoms with van der Waals surface area (Å²) in [5.41, 5.74) is 5.63. The third-order valence-corrected chi connectivity index (χ3v) is 5.21. The van der Waals surface area contributed by atoms with Gasteiger partial charge in [-0.05, 0) is 0 Å². The fourth-order valence-electron chi connectivity index (χ4n) is 2.21. The number of nitrogens with zero attached hydrogens (tertiary/aromatic N) is 4. The number of nitrogen functional groups attached to an aromatic ring is 1. The molecule has 1 aliphatic rings. The Morgan fingerprint density at radius 2 is 2.00 bits per heavy atom. The molecular formula is C11H19N5O4S. The van der Waals surface area contributed by atoms with Crippen LogP contribution in [0.3, 0.4) is 0 Å². The molecule has 0 unspecified atom stereocenters. The first-order chi connectivity index (χ1) is 9.86. The second kappa shape index (κ2) is 6.00. The lowest BCUT2D eigenvalue weighted by atomic mass is 10.3. The zero-order valence-electron chi connectivity index (χ0n) is 12.0. The van der Waals surface area contributed by atoms with Crippen molar-refractivity contribution in [2.75, 3.05) is 45.6 Å². The lowest BCUT2D eigenvalue weighted by molar-refractivity contribution is -0.136. The number of aromatic nitrogens is 2. The first-order valence-electron chi connectivity index (χ1n) is 6.42.